The van der Waals surface area contributed by atoms with E-state index in [9.17, 15) is 5.11 Å². The molecule has 0 radical (unpaired) electrons. The van der Waals surface area contributed by atoms with E-state index in [2.05, 4.69) is 23.1 Å². The van der Waals surface area contributed by atoms with Gasteiger partial charge in [0.1, 0.15) is 0 Å². The Kier molecular flexibility index (Phi) is 4.34. The fourth-order valence-electron chi connectivity index (χ4n) is 6.74. The normalized spacial score (nSPS) is 42.1. The van der Waals surface area contributed by atoms with Crippen LogP contribution in [0.15, 0.2) is 41.2 Å². The summed E-state index contributed by atoms with van der Waals surface area (Å²) < 4.78 is 0. The first-order chi connectivity index (χ1) is 13.1. The van der Waals surface area contributed by atoms with Gasteiger partial charge in [-0.3, -0.25) is 0 Å². The topological polar surface area (TPSA) is 54.7 Å². The highest BCUT2D eigenvalue weighted by Gasteiger charge is 2.55. The van der Waals surface area contributed by atoms with Crippen LogP contribution in [0.5, 0.6) is 5.88 Å². The number of aliphatic hydroxyl groups is 1. The van der Waals surface area contributed by atoms with Crippen molar-refractivity contribution >= 4 is 5.71 Å². The molecule has 144 valence electrons. The van der Waals surface area contributed by atoms with Crippen molar-refractivity contribution in [1.29, 1.82) is 0 Å². The van der Waals surface area contributed by atoms with Crippen molar-refractivity contribution in [2.75, 3.05) is 0 Å². The summed E-state index contributed by atoms with van der Waals surface area (Å²) in [7, 11) is 0. The number of aliphatic hydroxyl groups excluding tert-OH is 1. The smallest absolute Gasteiger partial charge is 0.248 e. The van der Waals surface area contributed by atoms with Gasteiger partial charge in [0.2, 0.25) is 5.88 Å². The van der Waals surface area contributed by atoms with Gasteiger partial charge in [-0.15, -0.1) is 0 Å². The van der Waals surface area contributed by atoms with E-state index in [1.54, 1.807) is 11.8 Å². The summed E-state index contributed by atoms with van der Waals surface area (Å²) in [4.78, 5) is 9.69. The van der Waals surface area contributed by atoms with E-state index in [0.717, 1.165) is 42.2 Å². The van der Waals surface area contributed by atoms with Gasteiger partial charge < -0.3 is 9.94 Å². The number of nitrogens with zero attached hydrogens (tertiary/aromatic N) is 2. The Morgan fingerprint density at radius 2 is 2.04 bits per heavy atom. The molecule has 4 aliphatic rings. The van der Waals surface area contributed by atoms with E-state index in [1.165, 1.54) is 38.5 Å². The van der Waals surface area contributed by atoms with Crippen molar-refractivity contribution in [2.24, 2.45) is 34.2 Å². The molecule has 1 N–H and O–H groups in total. The summed E-state index contributed by atoms with van der Waals surface area (Å²) in [5.74, 6) is 3.63. The van der Waals surface area contributed by atoms with E-state index in [-0.39, 0.29) is 11.5 Å². The minimum Gasteiger partial charge on any atom is -0.393 e. The molecular formula is C23H30N2O2. The molecule has 3 fully saturated rings. The lowest BCUT2D eigenvalue weighted by atomic mass is 9.52. The van der Waals surface area contributed by atoms with Crippen molar-refractivity contribution in [1.82, 2.24) is 4.98 Å². The lowest BCUT2D eigenvalue weighted by molar-refractivity contribution is -0.0526. The summed E-state index contributed by atoms with van der Waals surface area (Å²) in [6.45, 7) is 2.36. The zero-order valence-electron chi connectivity index (χ0n) is 16.2. The zero-order valence-corrected chi connectivity index (χ0v) is 16.2. The molecular weight excluding hydrogens is 336 g/mol. The number of pyridine rings is 1. The quantitative estimate of drug-likeness (QED) is 0.769. The van der Waals surface area contributed by atoms with Gasteiger partial charge in [-0.2, -0.15) is 0 Å². The highest BCUT2D eigenvalue weighted by atomic mass is 16.6. The third-order valence-electron chi connectivity index (χ3n) is 8.16. The number of fused-ring (bicyclic) bond motifs is 5. The Hall–Kier alpha value is -1.68. The number of allylic oxidation sites excluding steroid dienone is 2. The maximum Gasteiger partial charge on any atom is 0.248 e. The monoisotopic (exact) mass is 366 g/mol. The predicted molar refractivity (Wildman–Crippen MR) is 105 cm³/mol. The lowest BCUT2D eigenvalue weighted by Crippen LogP contribution is -2.47. The summed E-state index contributed by atoms with van der Waals surface area (Å²) >= 11 is 0. The van der Waals surface area contributed by atoms with Crippen LogP contribution in [0.4, 0.5) is 0 Å². The van der Waals surface area contributed by atoms with Crippen LogP contribution in [-0.4, -0.2) is 21.9 Å². The van der Waals surface area contributed by atoms with Gasteiger partial charge in [-0.1, -0.05) is 23.7 Å². The molecule has 0 saturated heterocycles. The third-order valence-corrected chi connectivity index (χ3v) is 8.16. The van der Waals surface area contributed by atoms with Crippen LogP contribution in [0.25, 0.3) is 0 Å². The summed E-state index contributed by atoms with van der Waals surface area (Å²) in [6, 6.07) is 5.63. The maximum absolute atomic E-state index is 10.5. The van der Waals surface area contributed by atoms with Crippen molar-refractivity contribution in [3.8, 4) is 5.88 Å². The summed E-state index contributed by atoms with van der Waals surface area (Å²) in [6.07, 6.45) is 13.4. The summed E-state index contributed by atoms with van der Waals surface area (Å²) in [5.41, 5.74) is 2.83. The Labute approximate surface area is 161 Å². The number of hydrogen-bond donors (Lipinski definition) is 1. The van der Waals surface area contributed by atoms with Gasteiger partial charge in [0.05, 0.1) is 11.8 Å². The average Bonchev–Trinajstić information content (AvgIpc) is 3.01. The van der Waals surface area contributed by atoms with Gasteiger partial charge >= 0.3 is 0 Å². The van der Waals surface area contributed by atoms with E-state index >= 15 is 0 Å². The number of oxime groups is 1. The van der Waals surface area contributed by atoms with Crippen LogP contribution < -0.4 is 4.84 Å². The molecule has 3 saturated carbocycles. The Balaban J connectivity index is 1.32. The number of rotatable bonds is 2. The highest BCUT2D eigenvalue weighted by Crippen LogP contribution is 2.61. The zero-order chi connectivity index (χ0) is 18.4. The molecule has 0 amide bonds. The van der Waals surface area contributed by atoms with Gasteiger partial charge in [-0.25, -0.2) is 4.98 Å². The predicted octanol–water partition coefficient (Wildman–Crippen LogP) is 4.75. The van der Waals surface area contributed by atoms with Gasteiger partial charge in [-0.05, 0) is 92.6 Å². The molecule has 0 aromatic carbocycles. The first kappa shape index (κ1) is 17.4. The first-order valence-corrected chi connectivity index (χ1v) is 10.7. The van der Waals surface area contributed by atoms with Gasteiger partial charge in [0.15, 0.2) is 0 Å². The molecule has 27 heavy (non-hydrogen) atoms. The molecule has 0 spiro atoms. The third kappa shape index (κ3) is 2.93. The van der Waals surface area contributed by atoms with E-state index in [0.29, 0.717) is 5.88 Å². The molecule has 1 aromatic heterocycles. The largest absolute Gasteiger partial charge is 0.393 e. The SMILES string of the molecule is C[C@]12CC[C@H]3[C@@H](CCC4=C/C(=N\Oc5ccccn5)CC[C@@H]43)[C@@H]1CC[C@@H]2O. The molecule has 6 atom stereocenters. The second-order valence-corrected chi connectivity index (χ2v) is 9.32. The van der Waals surface area contributed by atoms with Crippen LogP contribution in [0.1, 0.15) is 58.3 Å². The van der Waals surface area contributed by atoms with E-state index in [4.69, 9.17) is 4.84 Å². The Morgan fingerprint density at radius 3 is 2.89 bits per heavy atom. The number of hydrogen-bond acceptors (Lipinski definition) is 4. The molecule has 0 unspecified atom stereocenters. The Bertz CT molecular complexity index is 759. The molecule has 0 bridgehead atoms. The molecule has 4 heteroatoms. The fourth-order valence-corrected chi connectivity index (χ4v) is 6.74. The average molecular weight is 367 g/mol. The fraction of sp³-hybridized carbons (Fsp3) is 0.652. The van der Waals surface area contributed by atoms with Crippen molar-refractivity contribution in [2.45, 2.75) is 64.4 Å². The minimum absolute atomic E-state index is 0.0748. The minimum atomic E-state index is -0.0748. The van der Waals surface area contributed by atoms with E-state index < -0.39 is 0 Å². The van der Waals surface area contributed by atoms with Crippen LogP contribution in [0, 0.1) is 29.1 Å². The van der Waals surface area contributed by atoms with Crippen molar-refractivity contribution in [3.05, 3.63) is 36.0 Å². The molecule has 4 aliphatic carbocycles. The molecule has 5 rings (SSSR count). The van der Waals surface area contributed by atoms with Crippen molar-refractivity contribution < 1.29 is 9.94 Å². The van der Waals surface area contributed by atoms with Crippen LogP contribution in [0.3, 0.4) is 0 Å². The van der Waals surface area contributed by atoms with Gasteiger partial charge in [0.25, 0.3) is 0 Å². The second kappa shape index (κ2) is 6.73. The highest BCUT2D eigenvalue weighted by molar-refractivity contribution is 5.96. The Morgan fingerprint density at radius 1 is 1.11 bits per heavy atom. The van der Waals surface area contributed by atoms with Crippen molar-refractivity contribution in [3.63, 3.8) is 0 Å². The summed E-state index contributed by atoms with van der Waals surface area (Å²) in [5, 5.41) is 14.9. The standard InChI is InChI=1S/C23H30N2O2/c1-23-12-11-18-17-8-6-16(25-27-22-4-2-3-13-24-22)14-15(17)5-7-19(18)20(23)9-10-21(23)26/h2-4,13-14,17-21,26H,5-12H2,1H3/b25-16-/t17-,18+,19+,20-,21-,23-/m0/s1. The van der Waals surface area contributed by atoms with Crippen LogP contribution in [-0.2, 0) is 0 Å². The number of aromatic nitrogens is 1. The molecule has 0 aliphatic heterocycles. The molecule has 1 aromatic rings. The first-order valence-electron chi connectivity index (χ1n) is 10.7. The maximum atomic E-state index is 10.5. The van der Waals surface area contributed by atoms with E-state index in [1.807, 2.05) is 18.2 Å². The molecule has 4 nitrogen and oxygen atoms in total. The van der Waals surface area contributed by atoms with Crippen LogP contribution >= 0.6 is 0 Å². The van der Waals surface area contributed by atoms with Crippen LogP contribution in [0.2, 0.25) is 0 Å². The van der Waals surface area contributed by atoms with Gasteiger partial charge in [0, 0.05) is 12.3 Å². The second-order valence-electron chi connectivity index (χ2n) is 9.32. The molecule has 1 heterocycles. The lowest BCUT2D eigenvalue weighted by Gasteiger charge is -2.53.